The first kappa shape index (κ1) is 15.9. The Balaban J connectivity index is 2.18. The molecule has 1 aromatic carbocycles. The predicted molar refractivity (Wildman–Crippen MR) is 86.0 cm³/mol. The van der Waals surface area contributed by atoms with E-state index in [4.69, 9.17) is 16.3 Å². The molecule has 21 heavy (non-hydrogen) atoms. The van der Waals surface area contributed by atoms with Gasteiger partial charge in [-0.1, -0.05) is 31.5 Å². The van der Waals surface area contributed by atoms with Gasteiger partial charge < -0.3 is 10.1 Å². The van der Waals surface area contributed by atoms with Crippen molar-refractivity contribution in [2.45, 2.75) is 27.3 Å². The number of benzene rings is 1. The fourth-order valence-electron chi connectivity index (χ4n) is 2.14. The van der Waals surface area contributed by atoms with Gasteiger partial charge in [0.1, 0.15) is 5.75 Å². The first-order valence-electron chi connectivity index (χ1n) is 7.14. The minimum absolute atomic E-state index is 0.610. The molecule has 4 nitrogen and oxygen atoms in total. The van der Waals surface area contributed by atoms with Crippen molar-refractivity contribution in [1.82, 2.24) is 15.1 Å². The number of rotatable bonds is 6. The predicted octanol–water partition coefficient (Wildman–Crippen LogP) is 3.92. The Morgan fingerprint density at radius 1 is 1.38 bits per heavy atom. The standard InChI is InChI=1S/C16H22ClN3O/c1-11(2)9-18-10-15-12(3)19-20(4)16(15)21-14-7-5-6-13(17)8-14/h5-8,11,18H,9-10H2,1-4H3. The Kier molecular flexibility index (Phi) is 5.26. The molecule has 0 saturated heterocycles. The van der Waals surface area contributed by atoms with Crippen LogP contribution in [0.4, 0.5) is 0 Å². The zero-order chi connectivity index (χ0) is 15.4. The summed E-state index contributed by atoms with van der Waals surface area (Å²) in [6.45, 7) is 8.08. The van der Waals surface area contributed by atoms with E-state index in [1.807, 2.05) is 32.2 Å². The average Bonchev–Trinajstić information content (AvgIpc) is 2.65. The molecule has 2 rings (SSSR count). The number of hydrogen-bond acceptors (Lipinski definition) is 3. The maximum Gasteiger partial charge on any atom is 0.222 e. The minimum Gasteiger partial charge on any atom is -0.439 e. The highest BCUT2D eigenvalue weighted by atomic mass is 35.5. The van der Waals surface area contributed by atoms with Crippen LogP contribution in [0, 0.1) is 12.8 Å². The van der Waals surface area contributed by atoms with E-state index in [2.05, 4.69) is 24.3 Å². The summed E-state index contributed by atoms with van der Waals surface area (Å²) < 4.78 is 7.74. The summed E-state index contributed by atoms with van der Waals surface area (Å²) in [6.07, 6.45) is 0. The van der Waals surface area contributed by atoms with Gasteiger partial charge in [-0.2, -0.15) is 5.10 Å². The second kappa shape index (κ2) is 6.96. The SMILES string of the molecule is Cc1nn(C)c(Oc2cccc(Cl)c2)c1CNCC(C)C. The Hall–Kier alpha value is -1.52. The molecule has 0 unspecified atom stereocenters. The molecular weight excluding hydrogens is 286 g/mol. The number of nitrogens with one attached hydrogen (secondary N) is 1. The molecule has 0 fully saturated rings. The van der Waals surface area contributed by atoms with Gasteiger partial charge in [0.25, 0.3) is 0 Å². The smallest absolute Gasteiger partial charge is 0.222 e. The van der Waals surface area contributed by atoms with E-state index in [-0.39, 0.29) is 0 Å². The maximum absolute atomic E-state index is 6.00. The second-order valence-corrected chi connectivity index (χ2v) is 6.01. The average molecular weight is 308 g/mol. The van der Waals surface area contributed by atoms with Crippen LogP contribution in [0.2, 0.25) is 5.02 Å². The Morgan fingerprint density at radius 2 is 2.14 bits per heavy atom. The Labute approximate surface area is 131 Å². The van der Waals surface area contributed by atoms with E-state index < -0.39 is 0 Å². The molecule has 0 bridgehead atoms. The monoisotopic (exact) mass is 307 g/mol. The molecule has 0 amide bonds. The zero-order valence-electron chi connectivity index (χ0n) is 13.0. The lowest BCUT2D eigenvalue weighted by Crippen LogP contribution is -2.19. The highest BCUT2D eigenvalue weighted by molar-refractivity contribution is 6.30. The Bertz CT molecular complexity index is 608. The molecule has 0 atom stereocenters. The highest BCUT2D eigenvalue weighted by Crippen LogP contribution is 2.28. The molecule has 5 heteroatoms. The topological polar surface area (TPSA) is 39.1 Å². The van der Waals surface area contributed by atoms with Crippen molar-refractivity contribution in [2.24, 2.45) is 13.0 Å². The van der Waals surface area contributed by atoms with Gasteiger partial charge in [-0.15, -0.1) is 0 Å². The van der Waals surface area contributed by atoms with Gasteiger partial charge in [-0.25, -0.2) is 4.68 Å². The van der Waals surface area contributed by atoms with Crippen molar-refractivity contribution in [3.8, 4) is 11.6 Å². The first-order chi connectivity index (χ1) is 9.97. The summed E-state index contributed by atoms with van der Waals surface area (Å²) in [4.78, 5) is 0. The van der Waals surface area contributed by atoms with Crippen molar-refractivity contribution in [3.05, 3.63) is 40.5 Å². The van der Waals surface area contributed by atoms with Gasteiger partial charge in [-0.05, 0) is 37.6 Å². The van der Waals surface area contributed by atoms with Crippen molar-refractivity contribution >= 4 is 11.6 Å². The van der Waals surface area contributed by atoms with Crippen LogP contribution >= 0.6 is 11.6 Å². The van der Waals surface area contributed by atoms with Crippen molar-refractivity contribution < 1.29 is 4.74 Å². The van der Waals surface area contributed by atoms with Crippen LogP contribution in [0.5, 0.6) is 11.6 Å². The van der Waals surface area contributed by atoms with Crippen molar-refractivity contribution in [1.29, 1.82) is 0 Å². The fourth-order valence-corrected chi connectivity index (χ4v) is 2.32. The zero-order valence-corrected chi connectivity index (χ0v) is 13.7. The summed E-state index contributed by atoms with van der Waals surface area (Å²) >= 11 is 6.00. The molecule has 0 aliphatic heterocycles. The van der Waals surface area contributed by atoms with Gasteiger partial charge in [0.2, 0.25) is 5.88 Å². The lowest BCUT2D eigenvalue weighted by Gasteiger charge is -2.11. The summed E-state index contributed by atoms with van der Waals surface area (Å²) in [5.41, 5.74) is 2.06. The summed E-state index contributed by atoms with van der Waals surface area (Å²) in [5.74, 6) is 2.08. The number of hydrogen-bond donors (Lipinski definition) is 1. The lowest BCUT2D eigenvalue weighted by molar-refractivity contribution is 0.422. The molecule has 2 aromatic rings. The Morgan fingerprint density at radius 3 is 2.81 bits per heavy atom. The number of aromatic nitrogens is 2. The number of aryl methyl sites for hydroxylation is 2. The van der Waals surface area contributed by atoms with Crippen LogP contribution in [-0.2, 0) is 13.6 Å². The second-order valence-electron chi connectivity index (χ2n) is 5.58. The molecule has 0 spiro atoms. The van der Waals surface area contributed by atoms with Gasteiger partial charge in [0.05, 0.1) is 11.3 Å². The quantitative estimate of drug-likeness (QED) is 0.879. The maximum atomic E-state index is 6.00. The van der Waals surface area contributed by atoms with E-state index in [1.165, 1.54) is 0 Å². The lowest BCUT2D eigenvalue weighted by atomic mass is 10.2. The highest BCUT2D eigenvalue weighted by Gasteiger charge is 2.15. The summed E-state index contributed by atoms with van der Waals surface area (Å²) in [7, 11) is 1.89. The normalized spacial score (nSPS) is 11.1. The third-order valence-corrected chi connectivity index (χ3v) is 3.39. The third kappa shape index (κ3) is 4.22. The van der Waals surface area contributed by atoms with Crippen LogP contribution in [-0.4, -0.2) is 16.3 Å². The van der Waals surface area contributed by atoms with Crippen molar-refractivity contribution in [3.63, 3.8) is 0 Å². The van der Waals surface area contributed by atoms with Gasteiger partial charge in [0.15, 0.2) is 0 Å². The summed E-state index contributed by atoms with van der Waals surface area (Å²) in [6, 6.07) is 7.39. The van der Waals surface area contributed by atoms with Crippen molar-refractivity contribution in [2.75, 3.05) is 6.54 Å². The van der Waals surface area contributed by atoms with E-state index in [9.17, 15) is 0 Å². The van der Waals surface area contributed by atoms with Gasteiger partial charge in [-0.3, -0.25) is 0 Å². The summed E-state index contributed by atoms with van der Waals surface area (Å²) in [5, 5.41) is 8.54. The fraction of sp³-hybridized carbons (Fsp3) is 0.438. The van der Waals surface area contributed by atoms with Gasteiger partial charge >= 0.3 is 0 Å². The molecule has 1 heterocycles. The number of halogens is 1. The van der Waals surface area contributed by atoms with Crippen LogP contribution in [0.3, 0.4) is 0 Å². The molecule has 0 saturated carbocycles. The minimum atomic E-state index is 0.610. The molecule has 1 N–H and O–H groups in total. The van der Waals surface area contributed by atoms with E-state index in [0.29, 0.717) is 10.9 Å². The van der Waals surface area contributed by atoms with Crippen LogP contribution < -0.4 is 10.1 Å². The molecular formula is C16H22ClN3O. The molecule has 1 aromatic heterocycles. The number of nitrogens with zero attached hydrogens (tertiary/aromatic N) is 2. The molecule has 0 aliphatic carbocycles. The first-order valence-corrected chi connectivity index (χ1v) is 7.51. The molecule has 0 radical (unpaired) electrons. The van der Waals surface area contributed by atoms with Crippen LogP contribution in [0.15, 0.2) is 24.3 Å². The van der Waals surface area contributed by atoms with E-state index >= 15 is 0 Å². The number of ether oxygens (including phenoxy) is 1. The van der Waals surface area contributed by atoms with Crippen LogP contribution in [0.25, 0.3) is 0 Å². The van der Waals surface area contributed by atoms with Gasteiger partial charge in [0, 0.05) is 18.6 Å². The molecule has 114 valence electrons. The van der Waals surface area contributed by atoms with Crippen LogP contribution in [0.1, 0.15) is 25.1 Å². The van der Waals surface area contributed by atoms with E-state index in [0.717, 1.165) is 36.0 Å². The third-order valence-electron chi connectivity index (χ3n) is 3.15. The molecule has 0 aliphatic rings. The largest absolute Gasteiger partial charge is 0.439 e. The van der Waals surface area contributed by atoms with E-state index in [1.54, 1.807) is 10.7 Å².